The SMILES string of the molecule is CC(CO)C(=O)Nc1sc(S(=O)(=O)c2ccc(F)cc2)cc1C(N)=O. The molecule has 7 nitrogen and oxygen atoms in total. The van der Waals surface area contributed by atoms with Crippen molar-refractivity contribution in [2.24, 2.45) is 11.7 Å². The largest absolute Gasteiger partial charge is 0.396 e. The molecular weight excluding hydrogens is 371 g/mol. The van der Waals surface area contributed by atoms with Crippen molar-refractivity contribution >= 4 is 38.0 Å². The normalized spacial score (nSPS) is 12.6. The van der Waals surface area contributed by atoms with Gasteiger partial charge in [0.25, 0.3) is 5.91 Å². The maximum Gasteiger partial charge on any atom is 0.251 e. The highest BCUT2D eigenvalue weighted by Gasteiger charge is 2.26. The molecule has 0 saturated heterocycles. The third-order valence-electron chi connectivity index (χ3n) is 3.32. The number of primary amides is 1. The predicted octanol–water partition coefficient (Wildman–Crippen LogP) is 1.39. The fourth-order valence-electron chi connectivity index (χ4n) is 1.82. The Bertz CT molecular complexity index is 907. The third-order valence-corrected chi connectivity index (χ3v) is 6.62. The molecule has 0 fully saturated rings. The molecule has 2 amide bonds. The summed E-state index contributed by atoms with van der Waals surface area (Å²) in [4.78, 5) is 23.3. The maximum absolute atomic E-state index is 13.0. The topological polar surface area (TPSA) is 127 Å². The van der Waals surface area contributed by atoms with E-state index in [0.717, 1.165) is 30.3 Å². The Balaban J connectivity index is 2.46. The minimum atomic E-state index is -4.01. The molecule has 1 aromatic heterocycles. The van der Waals surface area contributed by atoms with Crippen LogP contribution in [0.25, 0.3) is 0 Å². The zero-order valence-corrected chi connectivity index (χ0v) is 14.7. The van der Waals surface area contributed by atoms with E-state index < -0.39 is 40.0 Å². The van der Waals surface area contributed by atoms with Gasteiger partial charge in [-0.2, -0.15) is 0 Å². The number of amides is 2. The minimum absolute atomic E-state index is 0.0292. The smallest absolute Gasteiger partial charge is 0.251 e. The van der Waals surface area contributed by atoms with Crippen LogP contribution in [0, 0.1) is 11.7 Å². The summed E-state index contributed by atoms with van der Waals surface area (Å²) in [5.41, 5.74) is 5.07. The number of carbonyl (C=O) groups excluding carboxylic acids is 2. The van der Waals surface area contributed by atoms with Crippen LogP contribution < -0.4 is 11.1 Å². The number of aliphatic hydroxyl groups is 1. The summed E-state index contributed by atoms with van der Waals surface area (Å²) in [6, 6.07) is 5.26. The number of nitrogens with one attached hydrogen (secondary N) is 1. The summed E-state index contributed by atoms with van der Waals surface area (Å²) in [6.45, 7) is 1.05. The number of halogens is 1. The van der Waals surface area contributed by atoms with Crippen LogP contribution in [-0.2, 0) is 14.6 Å². The Morgan fingerprint density at radius 2 is 1.92 bits per heavy atom. The van der Waals surface area contributed by atoms with Crippen molar-refractivity contribution in [2.75, 3.05) is 11.9 Å². The fraction of sp³-hybridized carbons (Fsp3) is 0.200. The van der Waals surface area contributed by atoms with Gasteiger partial charge in [-0.25, -0.2) is 12.8 Å². The molecule has 0 bridgehead atoms. The van der Waals surface area contributed by atoms with Crippen LogP contribution in [0.5, 0.6) is 0 Å². The molecule has 1 unspecified atom stereocenters. The summed E-state index contributed by atoms with van der Waals surface area (Å²) < 4.78 is 37.9. The molecule has 1 heterocycles. The number of benzene rings is 1. The highest BCUT2D eigenvalue weighted by molar-refractivity contribution is 7.93. The number of hydrogen-bond donors (Lipinski definition) is 3. The van der Waals surface area contributed by atoms with E-state index in [1.54, 1.807) is 0 Å². The molecule has 0 aliphatic rings. The number of carbonyl (C=O) groups is 2. The second-order valence-electron chi connectivity index (χ2n) is 5.20. The first-order valence-corrected chi connectivity index (χ1v) is 9.32. The quantitative estimate of drug-likeness (QED) is 0.647. The van der Waals surface area contributed by atoms with Crippen LogP contribution in [0.4, 0.5) is 9.39 Å². The van der Waals surface area contributed by atoms with Crippen LogP contribution >= 0.6 is 11.3 Å². The van der Waals surface area contributed by atoms with Crippen LogP contribution in [-0.4, -0.2) is 31.9 Å². The van der Waals surface area contributed by atoms with Gasteiger partial charge < -0.3 is 16.2 Å². The lowest BCUT2D eigenvalue weighted by molar-refractivity contribution is -0.120. The van der Waals surface area contributed by atoms with Gasteiger partial charge in [-0.3, -0.25) is 9.59 Å². The number of hydrogen-bond acceptors (Lipinski definition) is 6. The first kappa shape index (κ1) is 19.0. The summed E-state index contributed by atoms with van der Waals surface area (Å²) in [5, 5.41) is 11.4. The van der Waals surface area contributed by atoms with Crippen molar-refractivity contribution in [1.82, 2.24) is 0 Å². The van der Waals surface area contributed by atoms with Gasteiger partial charge in [0.15, 0.2) is 0 Å². The average molecular weight is 386 g/mol. The maximum atomic E-state index is 13.0. The van der Waals surface area contributed by atoms with E-state index in [-0.39, 0.29) is 19.7 Å². The molecule has 0 aliphatic carbocycles. The van der Waals surface area contributed by atoms with Crippen LogP contribution in [0.3, 0.4) is 0 Å². The van der Waals surface area contributed by atoms with Gasteiger partial charge in [0.1, 0.15) is 15.0 Å². The zero-order chi connectivity index (χ0) is 18.8. The number of anilines is 1. The van der Waals surface area contributed by atoms with Crippen molar-refractivity contribution in [3.05, 3.63) is 41.7 Å². The van der Waals surface area contributed by atoms with E-state index >= 15 is 0 Å². The number of sulfone groups is 1. The lowest BCUT2D eigenvalue weighted by Gasteiger charge is -2.08. The molecule has 10 heteroatoms. The van der Waals surface area contributed by atoms with Crippen LogP contribution in [0.15, 0.2) is 39.4 Å². The van der Waals surface area contributed by atoms with Crippen molar-refractivity contribution in [1.29, 1.82) is 0 Å². The van der Waals surface area contributed by atoms with Gasteiger partial charge in [-0.1, -0.05) is 6.92 Å². The van der Waals surface area contributed by atoms with Crippen molar-refractivity contribution in [3.63, 3.8) is 0 Å². The molecule has 2 rings (SSSR count). The monoisotopic (exact) mass is 386 g/mol. The van der Waals surface area contributed by atoms with E-state index in [9.17, 15) is 22.4 Å². The lowest BCUT2D eigenvalue weighted by atomic mass is 10.2. The Labute approximate surface area is 147 Å². The van der Waals surface area contributed by atoms with Crippen LogP contribution in [0.1, 0.15) is 17.3 Å². The van der Waals surface area contributed by atoms with Gasteiger partial charge in [0, 0.05) is 0 Å². The molecule has 0 saturated carbocycles. The Morgan fingerprint density at radius 1 is 1.32 bits per heavy atom. The average Bonchev–Trinajstić information content (AvgIpc) is 2.99. The zero-order valence-electron chi connectivity index (χ0n) is 13.0. The van der Waals surface area contributed by atoms with E-state index in [0.29, 0.717) is 11.3 Å². The summed E-state index contributed by atoms with van der Waals surface area (Å²) >= 11 is 0.654. The second-order valence-corrected chi connectivity index (χ2v) is 8.43. The van der Waals surface area contributed by atoms with Gasteiger partial charge in [0.2, 0.25) is 15.7 Å². The highest BCUT2D eigenvalue weighted by atomic mass is 32.2. The standard InChI is InChI=1S/C15H15FN2O5S2/c1-8(7-19)14(21)18-15-11(13(17)20)6-12(24-15)25(22,23)10-4-2-9(16)3-5-10/h2-6,8,19H,7H2,1H3,(H2,17,20)(H,18,21). The molecule has 25 heavy (non-hydrogen) atoms. The molecule has 2 aromatic rings. The molecule has 0 aliphatic heterocycles. The first-order chi connectivity index (χ1) is 11.7. The van der Waals surface area contributed by atoms with E-state index in [1.165, 1.54) is 6.92 Å². The van der Waals surface area contributed by atoms with Crippen molar-refractivity contribution in [3.8, 4) is 0 Å². The molecule has 4 N–H and O–H groups in total. The van der Waals surface area contributed by atoms with Gasteiger partial charge in [-0.15, -0.1) is 11.3 Å². The lowest BCUT2D eigenvalue weighted by Crippen LogP contribution is -2.24. The first-order valence-electron chi connectivity index (χ1n) is 7.02. The van der Waals surface area contributed by atoms with Crippen LogP contribution in [0.2, 0.25) is 0 Å². The Hall–Kier alpha value is -2.30. The van der Waals surface area contributed by atoms with E-state index in [1.807, 2.05) is 0 Å². The van der Waals surface area contributed by atoms with Crippen molar-refractivity contribution < 1.29 is 27.5 Å². The third kappa shape index (κ3) is 4.03. The molecule has 134 valence electrons. The summed E-state index contributed by atoms with van der Waals surface area (Å²) in [7, 11) is -4.01. The number of rotatable bonds is 6. The Kier molecular flexibility index (Phi) is 5.55. The predicted molar refractivity (Wildman–Crippen MR) is 89.6 cm³/mol. The van der Waals surface area contributed by atoms with Gasteiger partial charge in [-0.05, 0) is 30.3 Å². The molecular formula is C15H15FN2O5S2. The van der Waals surface area contributed by atoms with E-state index in [2.05, 4.69) is 5.32 Å². The summed E-state index contributed by atoms with van der Waals surface area (Å²) in [6.07, 6.45) is 0. The molecule has 1 aromatic carbocycles. The van der Waals surface area contributed by atoms with Crippen molar-refractivity contribution in [2.45, 2.75) is 16.0 Å². The number of nitrogens with two attached hydrogens (primary N) is 1. The number of thiophene rings is 1. The van der Waals surface area contributed by atoms with Gasteiger partial charge in [0.05, 0.1) is 23.0 Å². The van der Waals surface area contributed by atoms with Gasteiger partial charge >= 0.3 is 0 Å². The molecule has 1 atom stereocenters. The van der Waals surface area contributed by atoms with E-state index in [4.69, 9.17) is 10.8 Å². The fourth-order valence-corrected chi connectivity index (χ4v) is 4.60. The highest BCUT2D eigenvalue weighted by Crippen LogP contribution is 2.34. The summed E-state index contributed by atoms with van der Waals surface area (Å²) in [5.74, 6) is -2.84. The molecule has 0 spiro atoms. The second kappa shape index (κ2) is 7.30. The minimum Gasteiger partial charge on any atom is -0.396 e. The number of aliphatic hydroxyl groups excluding tert-OH is 1. The Morgan fingerprint density at radius 3 is 2.44 bits per heavy atom. The molecule has 0 radical (unpaired) electrons.